The molecular weight excluding hydrogens is 549 g/mol. The number of aryl methyl sites for hydroxylation is 1. The lowest BCUT2D eigenvalue weighted by Crippen LogP contribution is -2.25. The van der Waals surface area contributed by atoms with Crippen LogP contribution in [0.5, 0.6) is 11.6 Å². The Balaban J connectivity index is 1.61. The van der Waals surface area contributed by atoms with Gasteiger partial charge >= 0.3 is 0 Å². The van der Waals surface area contributed by atoms with Crippen LogP contribution in [0.25, 0.3) is 0 Å². The molecule has 0 saturated heterocycles. The third-order valence-corrected chi connectivity index (χ3v) is 6.96. The molecule has 12 heteroatoms. The number of amides is 1. The second kappa shape index (κ2) is 12.4. The molecule has 0 bridgehead atoms. The summed E-state index contributed by atoms with van der Waals surface area (Å²) in [5, 5.41) is 7.16. The Kier molecular flexibility index (Phi) is 8.98. The first kappa shape index (κ1) is 27.6. The molecule has 0 fully saturated rings. The van der Waals surface area contributed by atoms with Crippen LogP contribution in [0, 0.1) is 6.92 Å². The predicted octanol–water partition coefficient (Wildman–Crippen LogP) is 4.96. The Labute approximate surface area is 233 Å². The van der Waals surface area contributed by atoms with Gasteiger partial charge < -0.3 is 14.8 Å². The molecule has 1 atom stereocenters. The number of nitrogens with zero attached hydrogens (tertiary/aromatic N) is 4. The van der Waals surface area contributed by atoms with Gasteiger partial charge in [-0.25, -0.2) is 9.67 Å². The zero-order valence-corrected chi connectivity index (χ0v) is 23.2. The molecule has 0 unspecified atom stereocenters. The fraction of sp³-hybridized carbons (Fsp3) is 0.269. The van der Waals surface area contributed by atoms with Crippen molar-refractivity contribution in [1.82, 2.24) is 19.7 Å². The molecule has 0 aliphatic carbocycles. The average molecular weight is 574 g/mol. The number of carbonyl (C=O) groups excluding carboxylic acids is 1. The molecule has 3 heterocycles. The SMILES string of the molecule is COc1nn(Cc2cc(O[C@@H](C)Cc3ccccc3)cc(CC(=O)Nc3ncc(C)s3)n2)c(=O)c(Cl)c1Cl. The topological polar surface area (TPSA) is 108 Å². The number of aromatic nitrogens is 4. The number of carbonyl (C=O) groups is 1. The first-order chi connectivity index (χ1) is 18.2. The van der Waals surface area contributed by atoms with Crippen molar-refractivity contribution < 1.29 is 14.3 Å². The van der Waals surface area contributed by atoms with E-state index < -0.39 is 5.56 Å². The van der Waals surface area contributed by atoms with Crippen molar-refractivity contribution in [2.75, 3.05) is 12.4 Å². The van der Waals surface area contributed by atoms with Gasteiger partial charge in [-0.3, -0.25) is 14.6 Å². The fourth-order valence-electron chi connectivity index (χ4n) is 3.71. The lowest BCUT2D eigenvalue weighted by Gasteiger charge is -2.17. The maximum Gasteiger partial charge on any atom is 0.287 e. The number of anilines is 1. The van der Waals surface area contributed by atoms with Gasteiger partial charge in [-0.1, -0.05) is 53.5 Å². The molecule has 1 N–H and O–H groups in total. The number of thiazole rings is 1. The maximum atomic E-state index is 12.7. The largest absolute Gasteiger partial charge is 0.490 e. The molecule has 0 saturated carbocycles. The van der Waals surface area contributed by atoms with Gasteiger partial charge in [0.05, 0.1) is 37.6 Å². The first-order valence-electron chi connectivity index (χ1n) is 11.6. The van der Waals surface area contributed by atoms with Crippen LogP contribution >= 0.6 is 34.5 Å². The zero-order chi connectivity index (χ0) is 27.2. The van der Waals surface area contributed by atoms with Gasteiger partial charge in [0.25, 0.3) is 11.4 Å². The van der Waals surface area contributed by atoms with Crippen LogP contribution in [-0.2, 0) is 24.2 Å². The lowest BCUT2D eigenvalue weighted by atomic mass is 10.1. The van der Waals surface area contributed by atoms with Crippen LogP contribution in [0.15, 0.2) is 53.5 Å². The molecule has 4 rings (SSSR count). The highest BCUT2D eigenvalue weighted by molar-refractivity contribution is 7.15. The third-order valence-electron chi connectivity index (χ3n) is 5.34. The molecule has 3 aromatic heterocycles. The van der Waals surface area contributed by atoms with E-state index in [1.54, 1.807) is 18.3 Å². The van der Waals surface area contributed by atoms with E-state index in [0.717, 1.165) is 15.1 Å². The van der Waals surface area contributed by atoms with Crippen molar-refractivity contribution in [2.45, 2.75) is 39.3 Å². The summed E-state index contributed by atoms with van der Waals surface area (Å²) in [6.45, 7) is 3.82. The smallest absolute Gasteiger partial charge is 0.287 e. The Morgan fingerprint density at radius 3 is 2.58 bits per heavy atom. The predicted molar refractivity (Wildman–Crippen MR) is 148 cm³/mol. The van der Waals surface area contributed by atoms with Crippen molar-refractivity contribution in [1.29, 1.82) is 0 Å². The minimum atomic E-state index is -0.596. The molecule has 9 nitrogen and oxygen atoms in total. The van der Waals surface area contributed by atoms with Crippen LogP contribution < -0.4 is 20.3 Å². The number of methoxy groups -OCH3 is 1. The van der Waals surface area contributed by atoms with Crippen molar-refractivity contribution >= 4 is 45.6 Å². The molecule has 38 heavy (non-hydrogen) atoms. The summed E-state index contributed by atoms with van der Waals surface area (Å²) in [5.41, 5.74) is 1.43. The summed E-state index contributed by atoms with van der Waals surface area (Å²) in [7, 11) is 1.38. The van der Waals surface area contributed by atoms with Gasteiger partial charge in [0.2, 0.25) is 5.91 Å². The quantitative estimate of drug-likeness (QED) is 0.285. The van der Waals surface area contributed by atoms with Gasteiger partial charge in [-0.2, -0.15) is 0 Å². The highest BCUT2D eigenvalue weighted by Crippen LogP contribution is 2.27. The second-order valence-electron chi connectivity index (χ2n) is 8.50. The molecule has 0 aliphatic rings. The fourth-order valence-corrected chi connectivity index (χ4v) is 4.77. The van der Waals surface area contributed by atoms with E-state index in [-0.39, 0.29) is 40.9 Å². The molecule has 0 spiro atoms. The number of hydrogen-bond donors (Lipinski definition) is 1. The van der Waals surface area contributed by atoms with E-state index in [0.29, 0.717) is 28.7 Å². The molecule has 1 amide bonds. The molecular formula is C26H25Cl2N5O4S. The van der Waals surface area contributed by atoms with Gasteiger partial charge in [0, 0.05) is 29.6 Å². The standard InChI is InChI=1S/C26H25Cl2N5O4S/c1-15(9-17-7-5-4-6-8-17)37-20-10-18(12-21(34)31-26-29-13-16(2)38-26)30-19(11-20)14-33-25(35)23(28)22(27)24(32-33)36-3/h4-8,10-11,13,15H,9,12,14H2,1-3H3,(H,29,31,34)/t15-/m0/s1. The van der Waals surface area contributed by atoms with E-state index in [9.17, 15) is 9.59 Å². The van der Waals surface area contributed by atoms with E-state index in [1.807, 2.05) is 44.2 Å². The molecule has 0 aliphatic heterocycles. The van der Waals surface area contributed by atoms with Crippen LogP contribution in [0.2, 0.25) is 10.0 Å². The number of rotatable bonds is 10. The Bertz CT molecular complexity index is 1490. The molecule has 4 aromatic rings. The van der Waals surface area contributed by atoms with Gasteiger partial charge in [0.1, 0.15) is 15.8 Å². The Hall–Kier alpha value is -3.47. The summed E-state index contributed by atoms with van der Waals surface area (Å²) in [5.74, 6) is 0.240. The van der Waals surface area contributed by atoms with E-state index in [1.165, 1.54) is 18.4 Å². The van der Waals surface area contributed by atoms with Crippen molar-refractivity contribution in [3.05, 3.63) is 90.9 Å². The van der Waals surface area contributed by atoms with Crippen molar-refractivity contribution in [2.24, 2.45) is 0 Å². The summed E-state index contributed by atoms with van der Waals surface area (Å²) in [4.78, 5) is 35.1. The number of hydrogen-bond acceptors (Lipinski definition) is 8. The molecule has 198 valence electrons. The van der Waals surface area contributed by atoms with Crippen LogP contribution in [0.3, 0.4) is 0 Å². The normalized spacial score (nSPS) is 11.7. The maximum absolute atomic E-state index is 12.7. The summed E-state index contributed by atoms with van der Waals surface area (Å²) in [6.07, 6.45) is 2.18. The minimum Gasteiger partial charge on any atom is -0.490 e. The number of nitrogens with one attached hydrogen (secondary N) is 1. The van der Waals surface area contributed by atoms with E-state index >= 15 is 0 Å². The number of halogens is 2. The monoisotopic (exact) mass is 573 g/mol. The first-order valence-corrected chi connectivity index (χ1v) is 13.2. The summed E-state index contributed by atoms with van der Waals surface area (Å²) < 4.78 is 12.4. The highest BCUT2D eigenvalue weighted by Gasteiger charge is 2.17. The van der Waals surface area contributed by atoms with Crippen molar-refractivity contribution in [3.8, 4) is 11.6 Å². The second-order valence-corrected chi connectivity index (χ2v) is 10.5. The summed E-state index contributed by atoms with van der Waals surface area (Å²) in [6, 6.07) is 13.4. The average Bonchev–Trinajstić information content (AvgIpc) is 3.28. The number of ether oxygens (including phenoxy) is 2. The lowest BCUT2D eigenvalue weighted by molar-refractivity contribution is -0.115. The number of pyridine rings is 1. The van der Waals surface area contributed by atoms with Crippen LogP contribution in [-0.4, -0.2) is 38.9 Å². The van der Waals surface area contributed by atoms with Crippen LogP contribution in [0.1, 0.15) is 28.8 Å². The Morgan fingerprint density at radius 2 is 1.89 bits per heavy atom. The highest BCUT2D eigenvalue weighted by atomic mass is 35.5. The van der Waals surface area contributed by atoms with Crippen molar-refractivity contribution in [3.63, 3.8) is 0 Å². The molecule has 1 aromatic carbocycles. The van der Waals surface area contributed by atoms with E-state index in [4.69, 9.17) is 32.7 Å². The third kappa shape index (κ3) is 7.09. The van der Waals surface area contributed by atoms with Gasteiger partial charge in [-0.15, -0.1) is 16.4 Å². The van der Waals surface area contributed by atoms with Crippen LogP contribution in [0.4, 0.5) is 5.13 Å². The van der Waals surface area contributed by atoms with E-state index in [2.05, 4.69) is 20.4 Å². The minimum absolute atomic E-state index is 0.0125. The van der Waals surface area contributed by atoms with Gasteiger partial charge in [-0.05, 0) is 19.4 Å². The molecule has 0 radical (unpaired) electrons. The zero-order valence-electron chi connectivity index (χ0n) is 20.9. The Morgan fingerprint density at radius 1 is 1.16 bits per heavy atom. The van der Waals surface area contributed by atoms with Gasteiger partial charge in [0.15, 0.2) is 5.13 Å². The number of benzene rings is 1. The summed E-state index contributed by atoms with van der Waals surface area (Å²) >= 11 is 13.5.